The molecule has 0 N–H and O–H groups in total. The largest absolute Gasteiger partial charge is 0.497 e. The molecule has 1 aromatic carbocycles. The number of ether oxygens (including phenoxy) is 1. The van der Waals surface area contributed by atoms with Gasteiger partial charge in [0.2, 0.25) is 0 Å². The van der Waals surface area contributed by atoms with Crippen molar-refractivity contribution in [2.24, 2.45) is 0 Å². The zero-order chi connectivity index (χ0) is 15.4. The lowest BCUT2D eigenvalue weighted by Gasteiger charge is -2.03. The van der Waals surface area contributed by atoms with E-state index >= 15 is 0 Å². The number of methoxy groups -OCH3 is 1. The van der Waals surface area contributed by atoms with Crippen LogP contribution in [-0.4, -0.2) is 22.8 Å². The minimum Gasteiger partial charge on any atom is -0.497 e. The Balaban J connectivity index is 2.34. The summed E-state index contributed by atoms with van der Waals surface area (Å²) in [7, 11) is 1.58. The Morgan fingerprint density at radius 1 is 1.33 bits per heavy atom. The van der Waals surface area contributed by atoms with Crippen molar-refractivity contribution in [3.8, 4) is 11.8 Å². The number of benzene rings is 1. The molecular weight excluding hydrogens is 266 g/mol. The number of carbonyl (C=O) groups excluding carboxylic acids is 1. The monoisotopic (exact) mass is 281 g/mol. The number of aromatic nitrogens is 2. The van der Waals surface area contributed by atoms with Crippen molar-refractivity contribution in [2.75, 3.05) is 7.11 Å². The lowest BCUT2D eigenvalue weighted by atomic mass is 10.1. The molecule has 0 unspecified atom stereocenters. The van der Waals surface area contributed by atoms with Gasteiger partial charge in [-0.15, -0.1) is 0 Å². The van der Waals surface area contributed by atoms with Crippen molar-refractivity contribution < 1.29 is 9.53 Å². The fourth-order valence-electron chi connectivity index (χ4n) is 1.96. The van der Waals surface area contributed by atoms with Crippen molar-refractivity contribution in [3.63, 3.8) is 0 Å². The second-order valence-corrected chi connectivity index (χ2v) is 4.59. The summed E-state index contributed by atoms with van der Waals surface area (Å²) < 4.78 is 6.31. The van der Waals surface area contributed by atoms with Gasteiger partial charge in [0.1, 0.15) is 17.4 Å². The average molecular weight is 281 g/mol. The molecule has 0 atom stereocenters. The predicted octanol–water partition coefficient (Wildman–Crippen LogP) is 2.76. The highest BCUT2D eigenvalue weighted by Gasteiger charge is 2.15. The van der Waals surface area contributed by atoms with E-state index < -0.39 is 5.91 Å². The molecule has 0 aliphatic rings. The summed E-state index contributed by atoms with van der Waals surface area (Å²) in [4.78, 5) is 12.3. The highest BCUT2D eigenvalue weighted by atomic mass is 16.5. The lowest BCUT2D eigenvalue weighted by Crippen LogP contribution is -2.15. The van der Waals surface area contributed by atoms with Gasteiger partial charge in [-0.05, 0) is 43.7 Å². The van der Waals surface area contributed by atoms with Gasteiger partial charge >= 0.3 is 0 Å². The van der Waals surface area contributed by atoms with Crippen LogP contribution in [-0.2, 0) is 0 Å². The second-order valence-electron chi connectivity index (χ2n) is 4.59. The maximum absolute atomic E-state index is 12.3. The maximum Gasteiger partial charge on any atom is 0.289 e. The van der Waals surface area contributed by atoms with E-state index in [1.807, 2.05) is 6.07 Å². The van der Waals surface area contributed by atoms with Crippen molar-refractivity contribution >= 4 is 12.0 Å². The molecule has 2 aromatic rings. The SMILES string of the molecule is COc1ccc(/C=C(\C#N)C(=O)n2nc(C)cc2C)cc1. The Kier molecular flexibility index (Phi) is 4.19. The standard InChI is InChI=1S/C16H15N3O2/c1-11-8-12(2)19(18-11)16(20)14(10-17)9-13-4-6-15(21-3)7-5-13/h4-9H,1-3H3/b14-9+. The molecule has 0 fully saturated rings. The Labute approximate surface area is 123 Å². The number of hydrogen-bond donors (Lipinski definition) is 0. The van der Waals surface area contributed by atoms with Gasteiger partial charge in [-0.3, -0.25) is 4.79 Å². The van der Waals surface area contributed by atoms with E-state index in [0.29, 0.717) is 5.69 Å². The number of hydrogen-bond acceptors (Lipinski definition) is 4. The molecule has 5 nitrogen and oxygen atoms in total. The fourth-order valence-corrected chi connectivity index (χ4v) is 1.96. The van der Waals surface area contributed by atoms with Crippen LogP contribution in [0.15, 0.2) is 35.9 Å². The summed E-state index contributed by atoms with van der Waals surface area (Å²) >= 11 is 0. The first-order chi connectivity index (χ1) is 10.0. The van der Waals surface area contributed by atoms with Gasteiger partial charge < -0.3 is 4.74 Å². The zero-order valence-electron chi connectivity index (χ0n) is 12.1. The highest BCUT2D eigenvalue weighted by molar-refractivity contribution is 6.03. The molecule has 0 aliphatic heterocycles. The van der Waals surface area contributed by atoms with E-state index in [0.717, 1.165) is 17.0 Å². The van der Waals surface area contributed by atoms with E-state index in [9.17, 15) is 10.1 Å². The minimum absolute atomic E-state index is 0.0337. The first kappa shape index (κ1) is 14.5. The van der Waals surface area contributed by atoms with E-state index in [2.05, 4.69) is 5.10 Å². The van der Waals surface area contributed by atoms with Crippen molar-refractivity contribution in [1.29, 1.82) is 5.26 Å². The van der Waals surface area contributed by atoms with Crippen LogP contribution in [0, 0.1) is 25.2 Å². The number of rotatable bonds is 3. The number of carbonyl (C=O) groups is 1. The molecule has 0 bridgehead atoms. The summed E-state index contributed by atoms with van der Waals surface area (Å²) in [6.07, 6.45) is 1.54. The van der Waals surface area contributed by atoms with Crippen LogP contribution in [0.4, 0.5) is 0 Å². The molecule has 1 heterocycles. The normalized spacial score (nSPS) is 11.0. The summed E-state index contributed by atoms with van der Waals surface area (Å²) in [6.45, 7) is 3.58. The van der Waals surface area contributed by atoms with E-state index in [1.165, 1.54) is 10.8 Å². The molecule has 1 aromatic heterocycles. The summed E-state index contributed by atoms with van der Waals surface area (Å²) in [5.74, 6) is 0.287. The smallest absolute Gasteiger partial charge is 0.289 e. The zero-order valence-corrected chi connectivity index (χ0v) is 12.1. The third-order valence-corrected chi connectivity index (χ3v) is 2.98. The molecule has 21 heavy (non-hydrogen) atoms. The Morgan fingerprint density at radius 2 is 2.00 bits per heavy atom. The van der Waals surface area contributed by atoms with E-state index in [-0.39, 0.29) is 5.57 Å². The Morgan fingerprint density at radius 3 is 2.48 bits per heavy atom. The molecular formula is C16H15N3O2. The molecule has 0 radical (unpaired) electrons. The van der Waals surface area contributed by atoms with Crippen LogP contribution >= 0.6 is 0 Å². The topological polar surface area (TPSA) is 67.9 Å². The summed E-state index contributed by atoms with van der Waals surface area (Å²) in [5.41, 5.74) is 2.23. The number of nitriles is 1. The summed E-state index contributed by atoms with van der Waals surface area (Å²) in [5, 5.41) is 13.3. The molecule has 0 saturated carbocycles. The molecule has 106 valence electrons. The Hall–Kier alpha value is -2.87. The van der Waals surface area contributed by atoms with E-state index in [1.54, 1.807) is 51.3 Å². The molecule has 2 rings (SSSR count). The first-order valence-corrected chi connectivity index (χ1v) is 6.39. The van der Waals surface area contributed by atoms with E-state index in [4.69, 9.17) is 4.74 Å². The number of aryl methyl sites for hydroxylation is 2. The van der Waals surface area contributed by atoms with Crippen LogP contribution in [0.3, 0.4) is 0 Å². The van der Waals surface area contributed by atoms with Gasteiger partial charge in [-0.1, -0.05) is 12.1 Å². The van der Waals surface area contributed by atoms with Gasteiger partial charge in [0.05, 0.1) is 12.8 Å². The van der Waals surface area contributed by atoms with Crippen molar-refractivity contribution in [3.05, 3.63) is 52.9 Å². The number of nitrogens with zero attached hydrogens (tertiary/aromatic N) is 3. The third kappa shape index (κ3) is 3.18. The average Bonchev–Trinajstić information content (AvgIpc) is 2.83. The Bertz CT molecular complexity index is 734. The summed E-state index contributed by atoms with van der Waals surface area (Å²) in [6, 6.07) is 10.8. The third-order valence-electron chi connectivity index (χ3n) is 2.98. The van der Waals surface area contributed by atoms with Crippen LogP contribution in [0.25, 0.3) is 6.08 Å². The molecule has 5 heteroatoms. The van der Waals surface area contributed by atoms with Crippen LogP contribution < -0.4 is 4.74 Å². The van der Waals surface area contributed by atoms with Crippen molar-refractivity contribution in [1.82, 2.24) is 9.78 Å². The van der Waals surface area contributed by atoms with Crippen LogP contribution in [0.5, 0.6) is 5.75 Å². The van der Waals surface area contributed by atoms with Gasteiger partial charge in [0.25, 0.3) is 5.91 Å². The highest BCUT2D eigenvalue weighted by Crippen LogP contribution is 2.15. The minimum atomic E-state index is -0.432. The second kappa shape index (κ2) is 6.06. The van der Waals surface area contributed by atoms with Gasteiger partial charge in [-0.2, -0.15) is 10.4 Å². The predicted molar refractivity (Wildman–Crippen MR) is 78.9 cm³/mol. The maximum atomic E-state index is 12.3. The van der Waals surface area contributed by atoms with Crippen LogP contribution in [0.2, 0.25) is 0 Å². The quantitative estimate of drug-likeness (QED) is 0.641. The lowest BCUT2D eigenvalue weighted by molar-refractivity contribution is 0.0944. The number of allylic oxidation sites excluding steroid dienone is 1. The van der Waals surface area contributed by atoms with Crippen LogP contribution in [0.1, 0.15) is 21.7 Å². The van der Waals surface area contributed by atoms with Gasteiger partial charge in [0.15, 0.2) is 0 Å². The molecule has 0 saturated heterocycles. The molecule has 0 spiro atoms. The molecule has 0 amide bonds. The molecule has 0 aliphatic carbocycles. The fraction of sp³-hybridized carbons (Fsp3) is 0.188. The first-order valence-electron chi connectivity index (χ1n) is 6.39. The van der Waals surface area contributed by atoms with Crippen molar-refractivity contribution in [2.45, 2.75) is 13.8 Å². The van der Waals surface area contributed by atoms with Gasteiger partial charge in [0, 0.05) is 5.69 Å². The van der Waals surface area contributed by atoms with Gasteiger partial charge in [-0.25, -0.2) is 4.68 Å².